The van der Waals surface area contributed by atoms with Crippen molar-refractivity contribution in [2.24, 2.45) is 5.73 Å². The van der Waals surface area contributed by atoms with Crippen molar-refractivity contribution in [2.45, 2.75) is 13.0 Å². The van der Waals surface area contributed by atoms with E-state index in [1.54, 1.807) is 6.20 Å². The molecule has 0 saturated carbocycles. The van der Waals surface area contributed by atoms with Crippen LogP contribution in [0.25, 0.3) is 11.3 Å². The average Bonchev–Trinajstić information content (AvgIpc) is 3.10. The van der Waals surface area contributed by atoms with Crippen molar-refractivity contribution in [1.82, 2.24) is 20.1 Å². The van der Waals surface area contributed by atoms with E-state index in [0.717, 1.165) is 43.0 Å². The fourth-order valence-electron chi connectivity index (χ4n) is 2.73. The number of pyridine rings is 1. The molecule has 0 fully saturated rings. The number of nitrogens with one attached hydrogen (secondary N) is 1. The molecule has 0 spiro atoms. The van der Waals surface area contributed by atoms with Gasteiger partial charge >= 0.3 is 0 Å². The lowest BCUT2D eigenvalue weighted by molar-refractivity contribution is 0.273. The van der Waals surface area contributed by atoms with E-state index in [1.807, 2.05) is 24.4 Å². The van der Waals surface area contributed by atoms with Crippen LogP contribution >= 0.6 is 12.4 Å². The largest absolute Gasteiger partial charge is 0.329 e. The highest BCUT2D eigenvalue weighted by Gasteiger charge is 2.09. The molecule has 25 heavy (non-hydrogen) atoms. The maximum absolute atomic E-state index is 5.77. The minimum absolute atomic E-state index is 0. The first-order chi connectivity index (χ1) is 11.8. The molecule has 0 aliphatic heterocycles. The van der Waals surface area contributed by atoms with E-state index in [-0.39, 0.29) is 12.4 Å². The lowest BCUT2D eigenvalue weighted by atomic mass is 10.1. The quantitative estimate of drug-likeness (QED) is 0.650. The van der Waals surface area contributed by atoms with Gasteiger partial charge in [0, 0.05) is 49.8 Å². The molecule has 0 bridgehead atoms. The van der Waals surface area contributed by atoms with Crippen molar-refractivity contribution >= 4 is 12.4 Å². The molecule has 0 aliphatic rings. The topological polar surface area (TPSA) is 70.8 Å². The molecule has 0 atom stereocenters. The number of H-pyrrole nitrogens is 1. The number of aromatic amines is 1. The van der Waals surface area contributed by atoms with Gasteiger partial charge in [-0.3, -0.25) is 15.0 Å². The van der Waals surface area contributed by atoms with Crippen molar-refractivity contribution in [1.29, 1.82) is 0 Å². The van der Waals surface area contributed by atoms with Crippen molar-refractivity contribution in [3.8, 4) is 11.3 Å². The average molecular weight is 358 g/mol. The Hall–Kier alpha value is -2.21. The van der Waals surface area contributed by atoms with Crippen molar-refractivity contribution in [3.05, 3.63) is 72.2 Å². The second kappa shape index (κ2) is 9.93. The predicted molar refractivity (Wildman–Crippen MR) is 104 cm³/mol. The summed E-state index contributed by atoms with van der Waals surface area (Å²) in [6, 6.07) is 16.6. The van der Waals surface area contributed by atoms with E-state index in [4.69, 9.17) is 5.73 Å². The first kappa shape index (κ1) is 19.1. The normalized spacial score (nSPS) is 10.6. The minimum atomic E-state index is 0. The van der Waals surface area contributed by atoms with Crippen molar-refractivity contribution in [3.63, 3.8) is 0 Å². The lowest BCUT2D eigenvalue weighted by Gasteiger charge is -2.20. The molecule has 0 radical (unpaired) electrons. The van der Waals surface area contributed by atoms with Gasteiger partial charge < -0.3 is 5.73 Å². The molecule has 3 N–H and O–H groups in total. The van der Waals surface area contributed by atoms with Crippen LogP contribution in [0.1, 0.15) is 11.3 Å². The molecule has 3 aromatic rings. The van der Waals surface area contributed by atoms with E-state index >= 15 is 0 Å². The first-order valence-corrected chi connectivity index (χ1v) is 8.26. The van der Waals surface area contributed by atoms with Crippen molar-refractivity contribution in [2.75, 3.05) is 19.6 Å². The Balaban J connectivity index is 0.00000225. The summed E-state index contributed by atoms with van der Waals surface area (Å²) >= 11 is 0. The van der Waals surface area contributed by atoms with Crippen LogP contribution in [0.3, 0.4) is 0 Å². The zero-order chi connectivity index (χ0) is 16.6. The van der Waals surface area contributed by atoms with Gasteiger partial charge in [0.05, 0.1) is 5.69 Å². The van der Waals surface area contributed by atoms with E-state index in [9.17, 15) is 0 Å². The maximum atomic E-state index is 5.77. The fourth-order valence-corrected chi connectivity index (χ4v) is 2.73. The van der Waals surface area contributed by atoms with Gasteiger partial charge in [-0.1, -0.05) is 30.3 Å². The fraction of sp³-hybridized carbons (Fsp3) is 0.263. The standard InChI is InChI=1S/C19H23N5.ClH/c20-9-12-24(11-8-16-5-2-1-3-6-16)15-18-13-19(23-22-18)17-7-4-10-21-14-17;/h1-7,10,13-14H,8-9,11-12,15,20H2,(H,22,23);1H. The van der Waals surface area contributed by atoms with Crippen LogP contribution < -0.4 is 5.73 Å². The van der Waals surface area contributed by atoms with Gasteiger partial charge in [-0.25, -0.2) is 0 Å². The Labute approximate surface area is 154 Å². The SMILES string of the molecule is Cl.NCCN(CCc1ccccc1)Cc1cc(-c2cccnc2)n[nH]1. The van der Waals surface area contributed by atoms with Crippen LogP contribution in [0.15, 0.2) is 60.9 Å². The highest BCUT2D eigenvalue weighted by molar-refractivity contribution is 5.85. The highest BCUT2D eigenvalue weighted by atomic mass is 35.5. The van der Waals surface area contributed by atoms with Gasteiger partial charge in [-0.2, -0.15) is 5.10 Å². The van der Waals surface area contributed by atoms with Gasteiger partial charge in [0.1, 0.15) is 0 Å². The molecule has 3 rings (SSSR count). The molecule has 6 heteroatoms. The van der Waals surface area contributed by atoms with Crippen LogP contribution in [0, 0.1) is 0 Å². The summed E-state index contributed by atoms with van der Waals surface area (Å²) in [5, 5.41) is 7.53. The Morgan fingerprint density at radius 2 is 1.88 bits per heavy atom. The molecule has 5 nitrogen and oxygen atoms in total. The van der Waals surface area contributed by atoms with E-state index in [0.29, 0.717) is 6.54 Å². The summed E-state index contributed by atoms with van der Waals surface area (Å²) in [7, 11) is 0. The number of benzene rings is 1. The van der Waals surface area contributed by atoms with Crippen LogP contribution in [0.5, 0.6) is 0 Å². The lowest BCUT2D eigenvalue weighted by Crippen LogP contribution is -2.31. The van der Waals surface area contributed by atoms with Gasteiger partial charge in [-0.15, -0.1) is 12.4 Å². The third kappa shape index (κ3) is 5.67. The molecular formula is C19H24ClN5. The number of aromatic nitrogens is 3. The molecule has 0 saturated heterocycles. The Morgan fingerprint density at radius 1 is 1.04 bits per heavy atom. The number of nitrogens with two attached hydrogens (primary N) is 1. The van der Waals surface area contributed by atoms with Crippen LogP contribution in [0.2, 0.25) is 0 Å². The summed E-state index contributed by atoms with van der Waals surface area (Å²) < 4.78 is 0. The van der Waals surface area contributed by atoms with Gasteiger partial charge in [0.25, 0.3) is 0 Å². The molecule has 1 aromatic carbocycles. The summed E-state index contributed by atoms with van der Waals surface area (Å²) in [4.78, 5) is 6.50. The molecule has 132 valence electrons. The second-order valence-corrected chi connectivity index (χ2v) is 5.82. The molecule has 2 aromatic heterocycles. The number of hydrogen-bond donors (Lipinski definition) is 2. The maximum Gasteiger partial charge on any atom is 0.0939 e. The minimum Gasteiger partial charge on any atom is -0.329 e. The Kier molecular flexibility index (Phi) is 7.60. The molecule has 0 aliphatic carbocycles. The van der Waals surface area contributed by atoms with Gasteiger partial charge in [0.2, 0.25) is 0 Å². The van der Waals surface area contributed by atoms with Crippen LogP contribution in [-0.4, -0.2) is 39.7 Å². The van der Waals surface area contributed by atoms with Gasteiger partial charge in [0.15, 0.2) is 0 Å². The third-order valence-electron chi connectivity index (χ3n) is 3.99. The monoisotopic (exact) mass is 357 g/mol. The predicted octanol–water partition coefficient (Wildman–Crippen LogP) is 2.90. The smallest absolute Gasteiger partial charge is 0.0939 e. The third-order valence-corrected chi connectivity index (χ3v) is 3.99. The molecule has 2 heterocycles. The first-order valence-electron chi connectivity index (χ1n) is 8.26. The Bertz CT molecular complexity index is 730. The number of halogens is 1. The number of rotatable bonds is 8. The summed E-state index contributed by atoms with van der Waals surface area (Å²) in [6.45, 7) is 3.31. The van der Waals surface area contributed by atoms with Crippen LogP contribution in [0.4, 0.5) is 0 Å². The molecule has 0 amide bonds. The second-order valence-electron chi connectivity index (χ2n) is 5.82. The number of hydrogen-bond acceptors (Lipinski definition) is 4. The summed E-state index contributed by atoms with van der Waals surface area (Å²) in [5.74, 6) is 0. The highest BCUT2D eigenvalue weighted by Crippen LogP contribution is 2.16. The Morgan fingerprint density at radius 3 is 2.60 bits per heavy atom. The van der Waals surface area contributed by atoms with Gasteiger partial charge in [-0.05, 0) is 30.2 Å². The summed E-state index contributed by atoms with van der Waals surface area (Å²) in [6.07, 6.45) is 4.61. The number of nitrogens with zero attached hydrogens (tertiary/aromatic N) is 3. The zero-order valence-electron chi connectivity index (χ0n) is 14.1. The van der Waals surface area contributed by atoms with Crippen molar-refractivity contribution < 1.29 is 0 Å². The van der Waals surface area contributed by atoms with Crippen LogP contribution in [-0.2, 0) is 13.0 Å². The van der Waals surface area contributed by atoms with E-state index < -0.39 is 0 Å². The van der Waals surface area contributed by atoms with E-state index in [2.05, 4.69) is 50.4 Å². The van der Waals surface area contributed by atoms with E-state index in [1.165, 1.54) is 5.56 Å². The molecular weight excluding hydrogens is 334 g/mol. The molecule has 0 unspecified atom stereocenters. The summed E-state index contributed by atoms with van der Waals surface area (Å²) in [5.41, 5.74) is 10.2. The zero-order valence-corrected chi connectivity index (χ0v) is 15.0.